The van der Waals surface area contributed by atoms with E-state index in [1.165, 1.54) is 6.92 Å². The molecule has 0 radical (unpaired) electrons. The first-order valence-corrected chi connectivity index (χ1v) is 14.0. The van der Waals surface area contributed by atoms with Crippen molar-refractivity contribution in [2.75, 3.05) is 57.2 Å². The fraction of sp³-hybridized carbons (Fsp3) is 0.500. The number of likely N-dealkylation sites (N-methyl/N-ethyl adjacent to an activating group) is 1. The van der Waals surface area contributed by atoms with Gasteiger partial charge >= 0.3 is 6.03 Å². The maximum atomic E-state index is 13.2. The zero-order chi connectivity index (χ0) is 26.8. The van der Waals surface area contributed by atoms with Gasteiger partial charge < -0.3 is 25.2 Å². The van der Waals surface area contributed by atoms with Crippen molar-refractivity contribution < 1.29 is 17.9 Å². The van der Waals surface area contributed by atoms with Crippen molar-refractivity contribution in [3.05, 3.63) is 47.5 Å². The van der Waals surface area contributed by atoms with Gasteiger partial charge in [0, 0.05) is 41.9 Å². The highest BCUT2D eigenvalue weighted by Crippen LogP contribution is 2.54. The van der Waals surface area contributed by atoms with E-state index in [0.717, 1.165) is 12.1 Å². The Morgan fingerprint density at radius 2 is 1.95 bits per heavy atom. The van der Waals surface area contributed by atoms with Crippen LogP contribution >= 0.6 is 0 Å². The summed E-state index contributed by atoms with van der Waals surface area (Å²) in [5, 5.41) is 5.64. The summed E-state index contributed by atoms with van der Waals surface area (Å²) in [6.07, 6.45) is 1.01. The summed E-state index contributed by atoms with van der Waals surface area (Å²) in [5.41, 5.74) is 1.86. The van der Waals surface area contributed by atoms with Gasteiger partial charge in [0.25, 0.3) is 0 Å². The molecule has 0 spiro atoms. The lowest BCUT2D eigenvalue weighted by Gasteiger charge is -2.34. The first kappa shape index (κ1) is 27.0. The van der Waals surface area contributed by atoms with E-state index in [9.17, 15) is 13.2 Å². The Labute approximate surface area is 219 Å². The molecule has 1 aromatic carbocycles. The SMILES string of the molecule is C=C(C)S(=O)(=O)C1(c2cc(N3CCOC[C@@H]3C)nc(-c3ccc(NC(=O)NCCN(C)C)cc3)n2)CC1. The third kappa shape index (κ3) is 5.78. The number of anilines is 2. The van der Waals surface area contributed by atoms with E-state index in [-0.39, 0.29) is 17.0 Å². The molecule has 1 atom stereocenters. The van der Waals surface area contributed by atoms with E-state index in [4.69, 9.17) is 14.7 Å². The van der Waals surface area contributed by atoms with Crippen LogP contribution in [0.1, 0.15) is 32.4 Å². The summed E-state index contributed by atoms with van der Waals surface area (Å²) in [5.74, 6) is 1.12. The van der Waals surface area contributed by atoms with Crippen molar-refractivity contribution >= 4 is 27.4 Å². The van der Waals surface area contributed by atoms with Crippen LogP contribution in [0, 0.1) is 0 Å². The number of hydrogen-bond acceptors (Lipinski definition) is 8. The maximum absolute atomic E-state index is 13.2. The molecule has 1 saturated heterocycles. The molecule has 11 heteroatoms. The number of carbonyl (C=O) groups is 1. The van der Waals surface area contributed by atoms with Gasteiger partial charge in [0.1, 0.15) is 10.6 Å². The molecule has 0 bridgehead atoms. The highest BCUT2D eigenvalue weighted by atomic mass is 32.2. The Bertz CT molecular complexity index is 1260. The lowest BCUT2D eigenvalue weighted by molar-refractivity contribution is 0.0985. The predicted octanol–water partition coefficient (Wildman–Crippen LogP) is 2.99. The largest absolute Gasteiger partial charge is 0.377 e. The Morgan fingerprint density at radius 1 is 1.24 bits per heavy atom. The van der Waals surface area contributed by atoms with Gasteiger partial charge in [0.15, 0.2) is 15.7 Å². The highest BCUT2D eigenvalue weighted by Gasteiger charge is 2.57. The van der Waals surface area contributed by atoms with Crippen molar-refractivity contribution in [3.8, 4) is 11.4 Å². The van der Waals surface area contributed by atoms with Crippen LogP contribution in [-0.2, 0) is 19.3 Å². The van der Waals surface area contributed by atoms with Gasteiger partial charge in [0.05, 0.1) is 24.9 Å². The Kier molecular flexibility index (Phi) is 7.86. The van der Waals surface area contributed by atoms with Crippen molar-refractivity contribution in [3.63, 3.8) is 0 Å². The fourth-order valence-corrected chi connectivity index (χ4v) is 6.08. The van der Waals surface area contributed by atoms with Crippen LogP contribution in [-0.4, -0.2) is 82.3 Å². The lowest BCUT2D eigenvalue weighted by Crippen LogP contribution is -2.44. The van der Waals surface area contributed by atoms with Gasteiger partial charge in [-0.1, -0.05) is 6.58 Å². The van der Waals surface area contributed by atoms with E-state index in [0.29, 0.717) is 62.2 Å². The molecule has 200 valence electrons. The summed E-state index contributed by atoms with van der Waals surface area (Å²) < 4.78 is 31.0. The maximum Gasteiger partial charge on any atom is 0.319 e. The van der Waals surface area contributed by atoms with Crippen LogP contribution in [0.25, 0.3) is 11.4 Å². The average molecular weight is 529 g/mol. The van der Waals surface area contributed by atoms with Crippen LogP contribution in [0.3, 0.4) is 0 Å². The van der Waals surface area contributed by atoms with Gasteiger partial charge in [0.2, 0.25) is 0 Å². The van der Waals surface area contributed by atoms with Crippen molar-refractivity contribution in [2.45, 2.75) is 37.5 Å². The fourth-order valence-electron chi connectivity index (χ4n) is 4.39. The molecule has 2 aromatic rings. The summed E-state index contributed by atoms with van der Waals surface area (Å²) in [4.78, 5) is 26.0. The van der Waals surface area contributed by atoms with Gasteiger partial charge in [-0.2, -0.15) is 0 Å². The Morgan fingerprint density at radius 3 is 2.54 bits per heavy atom. The topological polar surface area (TPSA) is 117 Å². The van der Waals surface area contributed by atoms with Crippen LogP contribution in [0.2, 0.25) is 0 Å². The van der Waals surface area contributed by atoms with Gasteiger partial charge in [-0.15, -0.1) is 0 Å². The number of allylic oxidation sites excluding steroid dienone is 1. The molecule has 10 nitrogen and oxygen atoms in total. The second-order valence-electron chi connectivity index (χ2n) is 10.0. The molecule has 1 saturated carbocycles. The van der Waals surface area contributed by atoms with E-state index in [2.05, 4.69) is 29.0 Å². The van der Waals surface area contributed by atoms with E-state index < -0.39 is 14.6 Å². The Hall–Kier alpha value is -3.02. The molecule has 1 aliphatic heterocycles. The number of carbonyl (C=O) groups excluding carboxylic acids is 1. The van der Waals surface area contributed by atoms with Gasteiger partial charge in [-0.3, -0.25) is 0 Å². The van der Waals surface area contributed by atoms with E-state index in [1.54, 1.807) is 12.1 Å². The van der Waals surface area contributed by atoms with Crippen LogP contribution in [0.4, 0.5) is 16.3 Å². The first-order valence-electron chi connectivity index (χ1n) is 12.5. The molecule has 2 fully saturated rings. The molecule has 2 aliphatic rings. The molecule has 0 unspecified atom stereocenters. The summed E-state index contributed by atoms with van der Waals surface area (Å²) in [7, 11) is 0.291. The minimum absolute atomic E-state index is 0.0924. The number of rotatable bonds is 9. The first-order chi connectivity index (χ1) is 17.5. The van der Waals surface area contributed by atoms with Gasteiger partial charge in [-0.25, -0.2) is 23.2 Å². The standard InChI is InChI=1S/C26H36N6O4S/c1-18(2)37(34,35)26(10-11-26)22-16-23(32-14-15-36-17-19(32)3)30-24(29-22)20-6-8-21(9-7-20)28-25(33)27-12-13-31(4)5/h6-9,16,19H,1,10-15,17H2,2-5H3,(H2,27,28,33)/t19-/m0/s1. The third-order valence-corrected chi connectivity index (χ3v) is 9.33. The Balaban J connectivity index is 1.64. The molecule has 1 aromatic heterocycles. The number of hydrogen-bond donors (Lipinski definition) is 2. The number of benzene rings is 1. The molecular formula is C26H36N6O4S. The number of nitrogens with zero attached hydrogens (tertiary/aromatic N) is 4. The number of amides is 2. The summed E-state index contributed by atoms with van der Waals surface area (Å²) in [6.45, 7) is 10.4. The zero-order valence-electron chi connectivity index (χ0n) is 22.0. The molecule has 37 heavy (non-hydrogen) atoms. The summed E-state index contributed by atoms with van der Waals surface area (Å²) >= 11 is 0. The molecular weight excluding hydrogens is 492 g/mol. The van der Waals surface area contributed by atoms with Crippen molar-refractivity contribution in [1.82, 2.24) is 20.2 Å². The minimum Gasteiger partial charge on any atom is -0.377 e. The van der Waals surface area contributed by atoms with E-state index >= 15 is 0 Å². The number of urea groups is 1. The van der Waals surface area contributed by atoms with E-state index in [1.807, 2.05) is 37.2 Å². The summed E-state index contributed by atoms with van der Waals surface area (Å²) in [6, 6.07) is 8.85. The number of ether oxygens (including phenoxy) is 1. The monoisotopic (exact) mass is 528 g/mol. The van der Waals surface area contributed by atoms with Crippen molar-refractivity contribution in [1.29, 1.82) is 0 Å². The quantitative estimate of drug-likeness (QED) is 0.510. The number of sulfone groups is 1. The van der Waals surface area contributed by atoms with Crippen molar-refractivity contribution in [2.24, 2.45) is 0 Å². The predicted molar refractivity (Wildman–Crippen MR) is 145 cm³/mol. The minimum atomic E-state index is -3.60. The smallest absolute Gasteiger partial charge is 0.319 e. The van der Waals surface area contributed by atoms with Crippen LogP contribution in [0.15, 0.2) is 41.8 Å². The van der Waals surface area contributed by atoms with Crippen LogP contribution < -0.4 is 15.5 Å². The lowest BCUT2D eigenvalue weighted by atomic mass is 10.1. The van der Waals surface area contributed by atoms with Gasteiger partial charge in [-0.05, 0) is 65.0 Å². The molecule has 2 heterocycles. The number of nitrogens with one attached hydrogen (secondary N) is 2. The normalized spacial score (nSPS) is 18.9. The molecule has 4 rings (SSSR count). The second kappa shape index (κ2) is 10.8. The third-order valence-electron chi connectivity index (χ3n) is 6.76. The van der Waals surface area contributed by atoms with Crippen LogP contribution in [0.5, 0.6) is 0 Å². The second-order valence-corrected chi connectivity index (χ2v) is 12.5. The number of morpholine rings is 1. The molecule has 1 aliphatic carbocycles. The zero-order valence-corrected chi connectivity index (χ0v) is 22.8. The molecule has 2 N–H and O–H groups in total. The molecule has 2 amide bonds. The highest BCUT2D eigenvalue weighted by molar-refractivity contribution is 7.96. The number of aromatic nitrogens is 2. The average Bonchev–Trinajstić information content (AvgIpc) is 3.67.